The van der Waals surface area contributed by atoms with Gasteiger partial charge in [0.1, 0.15) is 18.4 Å². The molecule has 39 heavy (non-hydrogen) atoms. The highest BCUT2D eigenvalue weighted by Crippen LogP contribution is 2.33. The minimum absolute atomic E-state index is 0.186. The van der Waals surface area contributed by atoms with Crippen molar-refractivity contribution in [1.82, 2.24) is 10.2 Å². The minimum atomic E-state index is -4.76. The zero-order chi connectivity index (χ0) is 29.0. The van der Waals surface area contributed by atoms with Gasteiger partial charge >= 0.3 is 6.18 Å². The molecule has 7 nitrogen and oxygen atoms in total. The lowest BCUT2D eigenvalue weighted by Crippen LogP contribution is -2.50. The van der Waals surface area contributed by atoms with E-state index in [0.717, 1.165) is 28.7 Å². The highest BCUT2D eigenvalue weighted by molar-refractivity contribution is 7.92. The fourth-order valence-electron chi connectivity index (χ4n) is 3.78. The third kappa shape index (κ3) is 7.14. The van der Waals surface area contributed by atoms with E-state index in [0.29, 0.717) is 15.9 Å². The molecule has 1 N–H and O–H groups in total. The van der Waals surface area contributed by atoms with Crippen molar-refractivity contribution in [1.29, 1.82) is 0 Å². The van der Waals surface area contributed by atoms with Crippen LogP contribution >= 0.6 is 0 Å². The Morgan fingerprint density at radius 3 is 2.15 bits per heavy atom. The second-order valence-electron chi connectivity index (χ2n) is 8.81. The summed E-state index contributed by atoms with van der Waals surface area (Å²) in [6.45, 7) is 2.07. The Hall–Kier alpha value is -3.93. The summed E-state index contributed by atoms with van der Waals surface area (Å²) in [4.78, 5) is 26.9. The molecular weight excluding hydrogens is 538 g/mol. The summed E-state index contributed by atoms with van der Waals surface area (Å²) < 4.78 is 81.8. The molecule has 0 bridgehead atoms. The molecule has 0 saturated heterocycles. The molecule has 0 heterocycles. The van der Waals surface area contributed by atoms with Crippen LogP contribution in [0.25, 0.3) is 0 Å². The summed E-state index contributed by atoms with van der Waals surface area (Å²) in [6, 6.07) is 13.3. The van der Waals surface area contributed by atoms with Crippen LogP contribution in [0, 0.1) is 12.7 Å². The third-order valence-electron chi connectivity index (χ3n) is 6.03. The van der Waals surface area contributed by atoms with Crippen LogP contribution < -0.4 is 9.62 Å². The monoisotopic (exact) mass is 565 g/mol. The van der Waals surface area contributed by atoms with E-state index in [-0.39, 0.29) is 17.1 Å². The zero-order valence-corrected chi connectivity index (χ0v) is 22.2. The molecule has 12 heteroatoms. The smallest absolute Gasteiger partial charge is 0.357 e. The first kappa shape index (κ1) is 29.6. The van der Waals surface area contributed by atoms with Crippen LogP contribution in [0.3, 0.4) is 0 Å². The number of carbonyl (C=O) groups excluding carboxylic acids is 2. The van der Waals surface area contributed by atoms with Gasteiger partial charge in [-0.1, -0.05) is 35.9 Å². The Balaban J connectivity index is 2.09. The molecule has 208 valence electrons. The highest BCUT2D eigenvalue weighted by atomic mass is 32.2. The number of nitrogens with one attached hydrogen (secondary N) is 1. The van der Waals surface area contributed by atoms with Crippen molar-refractivity contribution in [3.63, 3.8) is 0 Å². The molecule has 0 aromatic heterocycles. The van der Waals surface area contributed by atoms with Crippen LogP contribution in [0.5, 0.6) is 0 Å². The zero-order valence-electron chi connectivity index (χ0n) is 21.4. The molecule has 0 aliphatic rings. The summed E-state index contributed by atoms with van der Waals surface area (Å²) in [5, 5.41) is 2.42. The predicted octanol–water partition coefficient (Wildman–Crippen LogP) is 4.51. The number of anilines is 1. The number of amides is 2. The van der Waals surface area contributed by atoms with E-state index in [1.54, 1.807) is 6.92 Å². The van der Waals surface area contributed by atoms with Crippen LogP contribution in [0.4, 0.5) is 23.2 Å². The second-order valence-corrected chi connectivity index (χ2v) is 10.7. The van der Waals surface area contributed by atoms with E-state index in [1.807, 2.05) is 0 Å². The Morgan fingerprint density at radius 1 is 0.974 bits per heavy atom. The second kappa shape index (κ2) is 11.9. The molecule has 0 fully saturated rings. The van der Waals surface area contributed by atoms with Gasteiger partial charge in [0.05, 0.1) is 16.1 Å². The van der Waals surface area contributed by atoms with Gasteiger partial charge in [-0.05, 0) is 61.9 Å². The lowest BCUT2D eigenvalue weighted by molar-refractivity contribution is -0.139. The maximum Gasteiger partial charge on any atom is 0.416 e. The number of aryl methyl sites for hydroxylation is 1. The normalized spacial score (nSPS) is 12.5. The number of hydrogen-bond acceptors (Lipinski definition) is 4. The van der Waals surface area contributed by atoms with Crippen LogP contribution in [-0.4, -0.2) is 44.8 Å². The molecule has 0 spiro atoms. The van der Waals surface area contributed by atoms with Crippen LogP contribution in [0.2, 0.25) is 0 Å². The summed E-state index contributed by atoms with van der Waals surface area (Å²) in [5.41, 5.74) is -0.278. The summed E-state index contributed by atoms with van der Waals surface area (Å²) in [7, 11) is -3.17. The number of hydrogen-bond donors (Lipinski definition) is 1. The van der Waals surface area contributed by atoms with E-state index >= 15 is 0 Å². The van der Waals surface area contributed by atoms with Gasteiger partial charge in [0.15, 0.2) is 0 Å². The first-order valence-electron chi connectivity index (χ1n) is 11.8. The molecule has 2 amide bonds. The molecule has 3 aromatic carbocycles. The predicted molar refractivity (Wildman–Crippen MR) is 138 cm³/mol. The Bertz CT molecular complexity index is 1430. The average Bonchev–Trinajstić information content (AvgIpc) is 2.90. The van der Waals surface area contributed by atoms with Gasteiger partial charge in [-0.15, -0.1) is 0 Å². The maximum absolute atomic E-state index is 13.7. The highest BCUT2D eigenvalue weighted by Gasteiger charge is 2.35. The molecule has 0 aliphatic heterocycles. The summed E-state index contributed by atoms with van der Waals surface area (Å²) >= 11 is 0. The van der Waals surface area contributed by atoms with Crippen molar-refractivity contribution >= 4 is 27.5 Å². The standard InChI is InChI=1S/C27H27F4N3O4S/c1-18-7-13-24(14-8-18)39(37,38)34(23-6-4-5-21(15-23)27(29,30)31)17-25(35)33(19(2)26(36)32-3)16-20-9-11-22(28)12-10-20/h4-15,19H,16-17H2,1-3H3,(H,32,36)/t19-/m0/s1. The number of halogens is 4. The number of alkyl halides is 3. The molecule has 0 unspecified atom stereocenters. The molecule has 1 atom stereocenters. The van der Waals surface area contributed by atoms with Crippen LogP contribution in [-0.2, 0) is 32.3 Å². The number of likely N-dealkylation sites (N-methyl/N-ethyl adjacent to an activating group) is 1. The SMILES string of the molecule is CNC(=O)[C@H](C)N(Cc1ccc(F)cc1)C(=O)CN(c1cccc(C(F)(F)F)c1)S(=O)(=O)c1ccc(C)cc1. The van der Waals surface area contributed by atoms with Crippen molar-refractivity contribution in [2.45, 2.75) is 37.5 Å². The maximum atomic E-state index is 13.7. The van der Waals surface area contributed by atoms with Crippen molar-refractivity contribution in [3.8, 4) is 0 Å². The number of benzene rings is 3. The summed E-state index contributed by atoms with van der Waals surface area (Å²) in [5.74, 6) is -1.93. The van der Waals surface area contributed by atoms with Gasteiger partial charge in [0.2, 0.25) is 11.8 Å². The Kier molecular flexibility index (Phi) is 9.00. The van der Waals surface area contributed by atoms with E-state index in [9.17, 15) is 35.6 Å². The van der Waals surface area contributed by atoms with E-state index in [4.69, 9.17) is 0 Å². The van der Waals surface area contributed by atoms with Crippen LogP contribution in [0.1, 0.15) is 23.6 Å². The van der Waals surface area contributed by atoms with Gasteiger partial charge in [0, 0.05) is 13.6 Å². The third-order valence-corrected chi connectivity index (χ3v) is 7.82. The fraction of sp³-hybridized carbons (Fsp3) is 0.259. The number of rotatable bonds is 9. The van der Waals surface area contributed by atoms with Gasteiger partial charge in [-0.3, -0.25) is 13.9 Å². The number of nitrogens with zero attached hydrogens (tertiary/aromatic N) is 2. The van der Waals surface area contributed by atoms with E-state index in [2.05, 4.69) is 5.32 Å². The van der Waals surface area contributed by atoms with Gasteiger partial charge < -0.3 is 10.2 Å². The van der Waals surface area contributed by atoms with Gasteiger partial charge in [-0.25, -0.2) is 12.8 Å². The number of carbonyl (C=O) groups is 2. The first-order valence-corrected chi connectivity index (χ1v) is 13.2. The molecule has 0 aliphatic carbocycles. The van der Waals surface area contributed by atoms with E-state index in [1.165, 1.54) is 62.5 Å². The lowest BCUT2D eigenvalue weighted by Gasteiger charge is -2.32. The molecule has 3 aromatic rings. The van der Waals surface area contributed by atoms with Gasteiger partial charge in [-0.2, -0.15) is 13.2 Å². The quantitative estimate of drug-likeness (QED) is 0.387. The summed E-state index contributed by atoms with van der Waals surface area (Å²) in [6.07, 6.45) is -4.76. The van der Waals surface area contributed by atoms with Crippen molar-refractivity contribution < 1.29 is 35.6 Å². The van der Waals surface area contributed by atoms with E-state index < -0.39 is 52.0 Å². The fourth-order valence-corrected chi connectivity index (χ4v) is 5.19. The van der Waals surface area contributed by atoms with Crippen molar-refractivity contribution in [2.75, 3.05) is 17.9 Å². The Labute approximate surface area is 224 Å². The van der Waals surface area contributed by atoms with Crippen molar-refractivity contribution in [3.05, 3.63) is 95.3 Å². The Morgan fingerprint density at radius 2 is 1.59 bits per heavy atom. The number of sulfonamides is 1. The average molecular weight is 566 g/mol. The molecule has 0 saturated carbocycles. The first-order chi connectivity index (χ1) is 18.2. The minimum Gasteiger partial charge on any atom is -0.357 e. The van der Waals surface area contributed by atoms with Crippen molar-refractivity contribution in [2.24, 2.45) is 0 Å². The largest absolute Gasteiger partial charge is 0.416 e. The molecule has 3 rings (SSSR count). The lowest BCUT2D eigenvalue weighted by atomic mass is 10.1. The van der Waals surface area contributed by atoms with Gasteiger partial charge in [0.25, 0.3) is 10.0 Å². The van der Waals surface area contributed by atoms with Crippen LogP contribution in [0.15, 0.2) is 77.7 Å². The molecular formula is C27H27F4N3O4S. The topological polar surface area (TPSA) is 86.8 Å². The molecule has 0 radical (unpaired) electrons.